The quantitative estimate of drug-likeness (QED) is 0.349. The lowest BCUT2D eigenvalue weighted by Gasteiger charge is -2.33. The van der Waals surface area contributed by atoms with Crippen molar-refractivity contribution in [3.63, 3.8) is 0 Å². The summed E-state index contributed by atoms with van der Waals surface area (Å²) in [7, 11) is -2.60. The highest BCUT2D eigenvalue weighted by atomic mass is 32.2. The number of hydrogen-bond acceptors (Lipinski definition) is 6. The van der Waals surface area contributed by atoms with Crippen molar-refractivity contribution >= 4 is 27.7 Å². The van der Waals surface area contributed by atoms with Crippen LogP contribution in [0.5, 0.6) is 0 Å². The number of sulfonamides is 1. The Morgan fingerprint density at radius 2 is 1.77 bits per heavy atom. The average Bonchev–Trinajstić information content (AvgIpc) is 3.19. The van der Waals surface area contributed by atoms with E-state index in [4.69, 9.17) is 4.52 Å². The van der Waals surface area contributed by atoms with Crippen molar-refractivity contribution in [1.82, 2.24) is 15.4 Å². The zero-order valence-electron chi connectivity index (χ0n) is 23.0. The molecule has 11 heteroatoms. The zero-order chi connectivity index (χ0) is 28.9. The lowest BCUT2D eigenvalue weighted by Crippen LogP contribution is -2.51. The third kappa shape index (κ3) is 6.83. The standard InChI is InChI=1S/C28H35FN4O5S/c1-7-8-25(34)33(26(17(2)3)27(35)30-6)16-20-9-11-21(12-10-20)23-15-22(29)13-14-24(23)39(36,37)32-28-18(4)19(5)31-38-28/h9-15,17,26,32H,7-8,16H2,1-6H3,(H,30,35)/t26-/m0/s1. The topological polar surface area (TPSA) is 122 Å². The van der Waals surface area contributed by atoms with Gasteiger partial charge in [-0.15, -0.1) is 0 Å². The summed E-state index contributed by atoms with van der Waals surface area (Å²) < 4.78 is 48.3. The van der Waals surface area contributed by atoms with Crippen LogP contribution < -0.4 is 10.0 Å². The molecule has 0 aliphatic carbocycles. The monoisotopic (exact) mass is 558 g/mol. The van der Waals surface area contributed by atoms with E-state index in [9.17, 15) is 22.4 Å². The minimum absolute atomic E-state index is 0.00853. The average molecular weight is 559 g/mol. The number of nitrogens with one attached hydrogen (secondary N) is 2. The van der Waals surface area contributed by atoms with Gasteiger partial charge >= 0.3 is 0 Å². The predicted octanol–water partition coefficient (Wildman–Crippen LogP) is 4.80. The van der Waals surface area contributed by atoms with E-state index in [1.165, 1.54) is 6.07 Å². The third-order valence-corrected chi connectivity index (χ3v) is 7.89. The van der Waals surface area contributed by atoms with Gasteiger partial charge in [0, 0.05) is 31.1 Å². The Labute approximate surface area is 228 Å². The van der Waals surface area contributed by atoms with Gasteiger partial charge in [0.25, 0.3) is 10.0 Å². The Kier molecular flexibility index (Phi) is 9.49. The molecular formula is C28H35FN4O5S. The van der Waals surface area contributed by atoms with Gasteiger partial charge in [-0.05, 0) is 55.5 Å². The normalized spacial score (nSPS) is 12.3. The zero-order valence-corrected chi connectivity index (χ0v) is 23.9. The van der Waals surface area contributed by atoms with Crippen LogP contribution in [0.2, 0.25) is 0 Å². The van der Waals surface area contributed by atoms with Crippen LogP contribution in [0.3, 0.4) is 0 Å². The molecule has 3 aromatic rings. The molecular weight excluding hydrogens is 523 g/mol. The van der Waals surface area contributed by atoms with E-state index < -0.39 is 21.9 Å². The maximum Gasteiger partial charge on any atom is 0.264 e. The molecule has 0 aliphatic heterocycles. The first-order chi connectivity index (χ1) is 18.4. The number of carbonyl (C=O) groups is 2. The van der Waals surface area contributed by atoms with Gasteiger partial charge in [0.05, 0.1) is 10.6 Å². The predicted molar refractivity (Wildman–Crippen MR) is 147 cm³/mol. The second-order valence-corrected chi connectivity index (χ2v) is 11.4. The van der Waals surface area contributed by atoms with Crippen molar-refractivity contribution in [1.29, 1.82) is 0 Å². The maximum absolute atomic E-state index is 14.3. The van der Waals surface area contributed by atoms with Crippen LogP contribution in [-0.2, 0) is 26.2 Å². The van der Waals surface area contributed by atoms with Crippen molar-refractivity contribution in [3.05, 3.63) is 65.1 Å². The van der Waals surface area contributed by atoms with E-state index in [2.05, 4.69) is 15.2 Å². The number of nitrogens with zero attached hydrogens (tertiary/aromatic N) is 2. The number of aromatic nitrogens is 1. The number of hydrogen-bond donors (Lipinski definition) is 2. The number of rotatable bonds is 11. The van der Waals surface area contributed by atoms with E-state index >= 15 is 0 Å². The smallest absolute Gasteiger partial charge is 0.264 e. The first kappa shape index (κ1) is 29.8. The SMILES string of the molecule is CCCC(=O)N(Cc1ccc(-c2cc(F)ccc2S(=O)(=O)Nc2onc(C)c2C)cc1)[C@H](C(=O)NC)C(C)C. The van der Waals surface area contributed by atoms with Gasteiger partial charge in [-0.3, -0.25) is 9.59 Å². The number of amides is 2. The lowest BCUT2D eigenvalue weighted by molar-refractivity contribution is -0.142. The molecule has 1 atom stereocenters. The van der Waals surface area contributed by atoms with Crippen LogP contribution in [0, 0.1) is 25.6 Å². The second kappa shape index (κ2) is 12.4. The molecule has 0 aliphatic rings. The Bertz CT molecular complexity index is 1430. The summed E-state index contributed by atoms with van der Waals surface area (Å²) in [6, 6.07) is 9.58. The molecule has 0 saturated heterocycles. The molecule has 210 valence electrons. The molecule has 0 unspecified atom stereocenters. The van der Waals surface area contributed by atoms with Crippen LogP contribution in [0.1, 0.15) is 50.4 Å². The summed E-state index contributed by atoms with van der Waals surface area (Å²) in [5.74, 6) is -1.10. The van der Waals surface area contributed by atoms with E-state index in [1.807, 2.05) is 20.8 Å². The van der Waals surface area contributed by atoms with E-state index in [0.717, 1.165) is 17.7 Å². The largest absolute Gasteiger partial charge is 0.357 e. The van der Waals surface area contributed by atoms with Gasteiger partial charge in [0.15, 0.2) is 0 Å². The number of anilines is 1. The molecule has 2 aromatic carbocycles. The van der Waals surface area contributed by atoms with E-state index in [1.54, 1.807) is 50.1 Å². The van der Waals surface area contributed by atoms with Crippen LogP contribution >= 0.6 is 0 Å². The molecule has 0 fully saturated rings. The van der Waals surface area contributed by atoms with E-state index in [-0.39, 0.29) is 40.6 Å². The molecule has 9 nitrogen and oxygen atoms in total. The van der Waals surface area contributed by atoms with Crippen LogP contribution in [0.4, 0.5) is 10.3 Å². The molecule has 0 spiro atoms. The lowest BCUT2D eigenvalue weighted by atomic mass is 9.99. The molecule has 3 rings (SSSR count). The Hall–Kier alpha value is -3.73. The number of likely N-dealkylation sites (N-methyl/N-ethyl adjacent to an activating group) is 1. The summed E-state index contributed by atoms with van der Waals surface area (Å²) in [6.07, 6.45) is 0.949. The molecule has 39 heavy (non-hydrogen) atoms. The van der Waals surface area contributed by atoms with Crippen molar-refractivity contribution in [2.45, 2.75) is 64.9 Å². The molecule has 0 saturated carbocycles. The summed E-state index contributed by atoms with van der Waals surface area (Å²) >= 11 is 0. The summed E-state index contributed by atoms with van der Waals surface area (Å²) in [5, 5.41) is 6.42. The summed E-state index contributed by atoms with van der Waals surface area (Å²) in [5.41, 5.74) is 2.45. The van der Waals surface area contributed by atoms with Gasteiger partial charge in [0.1, 0.15) is 11.9 Å². The number of benzene rings is 2. The molecule has 2 N–H and O–H groups in total. The highest BCUT2D eigenvalue weighted by Crippen LogP contribution is 2.31. The first-order valence-corrected chi connectivity index (χ1v) is 14.2. The van der Waals surface area contributed by atoms with Crippen LogP contribution in [0.15, 0.2) is 51.9 Å². The molecule has 1 heterocycles. The van der Waals surface area contributed by atoms with Gasteiger partial charge in [0.2, 0.25) is 17.7 Å². The van der Waals surface area contributed by atoms with Crippen LogP contribution in [0.25, 0.3) is 11.1 Å². The Morgan fingerprint density at radius 3 is 2.31 bits per heavy atom. The third-order valence-electron chi connectivity index (χ3n) is 6.50. The molecule has 0 radical (unpaired) electrons. The fraction of sp³-hybridized carbons (Fsp3) is 0.393. The van der Waals surface area contributed by atoms with Crippen molar-refractivity contribution in [2.24, 2.45) is 5.92 Å². The summed E-state index contributed by atoms with van der Waals surface area (Å²) in [6.45, 7) is 9.23. The number of aryl methyl sites for hydroxylation is 1. The fourth-order valence-corrected chi connectivity index (χ4v) is 5.55. The molecule has 0 bridgehead atoms. The Balaban J connectivity index is 1.96. The highest BCUT2D eigenvalue weighted by Gasteiger charge is 2.31. The minimum atomic E-state index is -4.15. The highest BCUT2D eigenvalue weighted by molar-refractivity contribution is 7.92. The van der Waals surface area contributed by atoms with Crippen molar-refractivity contribution in [3.8, 4) is 11.1 Å². The first-order valence-electron chi connectivity index (χ1n) is 12.7. The van der Waals surface area contributed by atoms with E-state index in [0.29, 0.717) is 29.7 Å². The second-order valence-electron chi connectivity index (χ2n) is 9.74. The Morgan fingerprint density at radius 1 is 1.10 bits per heavy atom. The van der Waals surface area contributed by atoms with Gasteiger partial charge in [-0.2, -0.15) is 0 Å². The van der Waals surface area contributed by atoms with Gasteiger partial charge in [-0.1, -0.05) is 50.2 Å². The van der Waals surface area contributed by atoms with Crippen molar-refractivity contribution < 1.29 is 26.9 Å². The minimum Gasteiger partial charge on any atom is -0.357 e. The molecule has 1 aromatic heterocycles. The molecule has 2 amide bonds. The van der Waals surface area contributed by atoms with Crippen molar-refractivity contribution in [2.75, 3.05) is 11.8 Å². The maximum atomic E-state index is 14.3. The van der Waals surface area contributed by atoms with Crippen LogP contribution in [-0.4, -0.2) is 43.4 Å². The van der Waals surface area contributed by atoms with Gasteiger partial charge in [-0.25, -0.2) is 17.5 Å². The number of halogens is 1. The fourth-order valence-electron chi connectivity index (χ4n) is 4.29. The van der Waals surface area contributed by atoms with Gasteiger partial charge < -0.3 is 14.7 Å². The number of carbonyl (C=O) groups excluding carboxylic acids is 2. The summed E-state index contributed by atoms with van der Waals surface area (Å²) in [4.78, 5) is 27.1.